The van der Waals surface area contributed by atoms with Crippen LogP contribution in [0.25, 0.3) is 0 Å². The summed E-state index contributed by atoms with van der Waals surface area (Å²) >= 11 is 1.88. The van der Waals surface area contributed by atoms with E-state index in [2.05, 4.69) is 10.6 Å². The smallest absolute Gasteiger partial charge is 0.221 e. The van der Waals surface area contributed by atoms with E-state index in [9.17, 15) is 9.90 Å². The Morgan fingerprint density at radius 3 is 3.05 bits per heavy atom. The van der Waals surface area contributed by atoms with Crippen LogP contribution in [0.3, 0.4) is 0 Å². The molecule has 1 aromatic carbocycles. The summed E-state index contributed by atoms with van der Waals surface area (Å²) in [6.45, 7) is 3.20. The molecule has 0 radical (unpaired) electrons. The van der Waals surface area contributed by atoms with Gasteiger partial charge < -0.3 is 15.7 Å². The van der Waals surface area contributed by atoms with Gasteiger partial charge in [-0.05, 0) is 18.1 Å². The number of thioether (sulfide) groups is 1. The molecule has 1 amide bonds. The van der Waals surface area contributed by atoms with E-state index in [4.69, 9.17) is 0 Å². The number of amides is 1. The lowest BCUT2D eigenvalue weighted by atomic mass is 10.0. The number of carbonyl (C=O) groups is 1. The molecule has 0 bridgehead atoms. The van der Waals surface area contributed by atoms with Gasteiger partial charge in [-0.25, -0.2) is 0 Å². The average molecular weight is 294 g/mol. The summed E-state index contributed by atoms with van der Waals surface area (Å²) in [7, 11) is 0. The number of hydrogen-bond donors (Lipinski definition) is 3. The number of carbonyl (C=O) groups excluding carboxylic acids is 1. The van der Waals surface area contributed by atoms with Crippen molar-refractivity contribution in [1.82, 2.24) is 10.6 Å². The fraction of sp³-hybridized carbons (Fsp3) is 0.533. The number of benzene rings is 1. The molecule has 1 fully saturated rings. The lowest BCUT2D eigenvalue weighted by Gasteiger charge is -2.23. The number of aryl methyl sites for hydroxylation is 1. The molecule has 0 aromatic heterocycles. The maximum absolute atomic E-state index is 11.9. The van der Waals surface area contributed by atoms with Crippen molar-refractivity contribution < 1.29 is 9.90 Å². The molecule has 110 valence electrons. The van der Waals surface area contributed by atoms with E-state index in [-0.39, 0.29) is 18.5 Å². The monoisotopic (exact) mass is 294 g/mol. The molecule has 0 saturated carbocycles. The standard InChI is InChI=1S/C15H22N2O2S/c1-11-4-2-3-5-13(11)14(18)9-17-15(19)8-12-10-20-7-6-16-12/h2-5,12,14,16,18H,6-10H2,1H3,(H,17,19). The van der Waals surface area contributed by atoms with Gasteiger partial charge in [-0.3, -0.25) is 4.79 Å². The summed E-state index contributed by atoms with van der Waals surface area (Å²) in [6, 6.07) is 7.95. The van der Waals surface area contributed by atoms with Crippen LogP contribution >= 0.6 is 11.8 Å². The van der Waals surface area contributed by atoms with Crippen LogP contribution in [0.15, 0.2) is 24.3 Å². The first-order valence-corrected chi connectivity index (χ1v) is 8.13. The highest BCUT2D eigenvalue weighted by molar-refractivity contribution is 7.99. The summed E-state index contributed by atoms with van der Waals surface area (Å²) < 4.78 is 0. The van der Waals surface area contributed by atoms with Crippen molar-refractivity contribution in [1.29, 1.82) is 0 Å². The minimum Gasteiger partial charge on any atom is -0.387 e. The van der Waals surface area contributed by atoms with Crippen molar-refractivity contribution >= 4 is 17.7 Å². The first-order chi connectivity index (χ1) is 9.66. The number of aliphatic hydroxyl groups is 1. The van der Waals surface area contributed by atoms with Crippen LogP contribution in [0.4, 0.5) is 0 Å². The van der Waals surface area contributed by atoms with Gasteiger partial charge in [-0.15, -0.1) is 0 Å². The summed E-state index contributed by atoms with van der Waals surface area (Å²) in [6.07, 6.45) is -0.165. The molecule has 2 atom stereocenters. The summed E-state index contributed by atoms with van der Waals surface area (Å²) in [5.74, 6) is 2.09. The third-order valence-electron chi connectivity index (χ3n) is 3.47. The minimum atomic E-state index is -0.645. The SMILES string of the molecule is Cc1ccccc1C(O)CNC(=O)CC1CSCCN1. The van der Waals surface area contributed by atoms with Gasteiger partial charge in [0, 0.05) is 37.1 Å². The zero-order valence-corrected chi connectivity index (χ0v) is 12.6. The van der Waals surface area contributed by atoms with E-state index in [1.54, 1.807) is 0 Å². The van der Waals surface area contributed by atoms with Crippen molar-refractivity contribution in [2.24, 2.45) is 0 Å². The Morgan fingerprint density at radius 2 is 2.35 bits per heavy atom. The van der Waals surface area contributed by atoms with E-state index in [0.29, 0.717) is 6.42 Å². The molecule has 2 rings (SSSR count). The molecule has 1 aliphatic rings. The third kappa shape index (κ3) is 4.51. The Morgan fingerprint density at radius 1 is 1.55 bits per heavy atom. The van der Waals surface area contributed by atoms with Gasteiger partial charge in [0.15, 0.2) is 0 Å². The first kappa shape index (κ1) is 15.4. The largest absolute Gasteiger partial charge is 0.387 e. The minimum absolute atomic E-state index is 0.00219. The highest BCUT2D eigenvalue weighted by Crippen LogP contribution is 2.16. The van der Waals surface area contributed by atoms with Gasteiger partial charge in [0.05, 0.1) is 6.10 Å². The Hall–Kier alpha value is -1.04. The molecule has 0 aliphatic carbocycles. The molecule has 1 aromatic rings. The second-order valence-corrected chi connectivity index (χ2v) is 6.26. The van der Waals surface area contributed by atoms with Crippen molar-refractivity contribution in [3.63, 3.8) is 0 Å². The molecule has 1 saturated heterocycles. The molecule has 1 heterocycles. The van der Waals surface area contributed by atoms with Crippen LogP contribution in [-0.2, 0) is 4.79 Å². The van der Waals surface area contributed by atoms with Crippen molar-refractivity contribution in [2.75, 3.05) is 24.6 Å². The second-order valence-electron chi connectivity index (χ2n) is 5.11. The molecule has 20 heavy (non-hydrogen) atoms. The zero-order chi connectivity index (χ0) is 14.4. The highest BCUT2D eigenvalue weighted by Gasteiger charge is 2.17. The summed E-state index contributed by atoms with van der Waals surface area (Å²) in [4.78, 5) is 11.9. The average Bonchev–Trinajstić information content (AvgIpc) is 2.46. The number of rotatable bonds is 5. The molecule has 5 heteroatoms. The number of nitrogens with one attached hydrogen (secondary N) is 2. The van der Waals surface area contributed by atoms with Crippen LogP contribution in [0.1, 0.15) is 23.7 Å². The van der Waals surface area contributed by atoms with Gasteiger partial charge in [0.25, 0.3) is 0 Å². The Bertz CT molecular complexity index is 447. The molecule has 0 spiro atoms. The van der Waals surface area contributed by atoms with E-state index in [0.717, 1.165) is 29.2 Å². The predicted molar refractivity (Wildman–Crippen MR) is 82.9 cm³/mol. The quantitative estimate of drug-likeness (QED) is 0.765. The van der Waals surface area contributed by atoms with Gasteiger partial charge in [-0.1, -0.05) is 24.3 Å². The maximum atomic E-state index is 11.9. The van der Waals surface area contributed by atoms with Crippen LogP contribution in [0, 0.1) is 6.92 Å². The van der Waals surface area contributed by atoms with Gasteiger partial charge in [0.1, 0.15) is 0 Å². The van der Waals surface area contributed by atoms with E-state index in [1.165, 1.54) is 0 Å². The van der Waals surface area contributed by atoms with E-state index < -0.39 is 6.10 Å². The topological polar surface area (TPSA) is 61.4 Å². The first-order valence-electron chi connectivity index (χ1n) is 6.98. The lowest BCUT2D eigenvalue weighted by molar-refractivity contribution is -0.121. The molecular weight excluding hydrogens is 272 g/mol. The van der Waals surface area contributed by atoms with E-state index >= 15 is 0 Å². The van der Waals surface area contributed by atoms with Crippen LogP contribution in [0.2, 0.25) is 0 Å². The van der Waals surface area contributed by atoms with Crippen molar-refractivity contribution in [2.45, 2.75) is 25.5 Å². The van der Waals surface area contributed by atoms with Crippen LogP contribution < -0.4 is 10.6 Å². The Balaban J connectivity index is 1.76. The van der Waals surface area contributed by atoms with Crippen molar-refractivity contribution in [3.8, 4) is 0 Å². The molecule has 3 N–H and O–H groups in total. The van der Waals surface area contributed by atoms with Crippen LogP contribution in [0.5, 0.6) is 0 Å². The molecule has 4 nitrogen and oxygen atoms in total. The normalized spacial score (nSPS) is 20.4. The van der Waals surface area contributed by atoms with Gasteiger partial charge >= 0.3 is 0 Å². The van der Waals surface area contributed by atoms with Crippen molar-refractivity contribution in [3.05, 3.63) is 35.4 Å². The van der Waals surface area contributed by atoms with Gasteiger partial charge in [-0.2, -0.15) is 11.8 Å². The zero-order valence-electron chi connectivity index (χ0n) is 11.8. The summed E-state index contributed by atoms with van der Waals surface area (Å²) in [5.41, 5.74) is 1.92. The number of aliphatic hydroxyl groups excluding tert-OH is 1. The highest BCUT2D eigenvalue weighted by atomic mass is 32.2. The molecular formula is C15H22N2O2S. The van der Waals surface area contributed by atoms with Gasteiger partial charge in [0.2, 0.25) is 5.91 Å². The summed E-state index contributed by atoms with van der Waals surface area (Å²) in [5, 5.41) is 16.3. The third-order valence-corrected chi connectivity index (χ3v) is 4.60. The fourth-order valence-electron chi connectivity index (χ4n) is 2.33. The fourth-order valence-corrected chi connectivity index (χ4v) is 3.28. The maximum Gasteiger partial charge on any atom is 0.221 e. The number of hydrogen-bond acceptors (Lipinski definition) is 4. The Kier molecular flexibility index (Phi) is 5.88. The second kappa shape index (κ2) is 7.67. The molecule has 1 aliphatic heterocycles. The molecule has 2 unspecified atom stereocenters. The lowest BCUT2D eigenvalue weighted by Crippen LogP contribution is -2.41. The predicted octanol–water partition coefficient (Wildman–Crippen LogP) is 1.24. The Labute approximate surface area is 124 Å². The van der Waals surface area contributed by atoms with E-state index in [1.807, 2.05) is 43.0 Å². The van der Waals surface area contributed by atoms with Crippen LogP contribution in [-0.4, -0.2) is 41.7 Å².